The molecule has 0 radical (unpaired) electrons. The summed E-state index contributed by atoms with van der Waals surface area (Å²) in [5, 5.41) is 1.95. The highest BCUT2D eigenvalue weighted by Crippen LogP contribution is 2.24. The van der Waals surface area contributed by atoms with Crippen LogP contribution in [-0.4, -0.2) is 23.0 Å². The topological polar surface area (TPSA) is 74.5 Å². The van der Waals surface area contributed by atoms with Crippen LogP contribution in [0.3, 0.4) is 0 Å². The number of hydrogen-bond acceptors (Lipinski definition) is 7. The van der Waals surface area contributed by atoms with Gasteiger partial charge in [0.1, 0.15) is 18.6 Å². The maximum absolute atomic E-state index is 11.6. The molecule has 0 fully saturated rings. The molecule has 3 rings (SSSR count). The molecule has 112 valence electrons. The molecule has 0 atom stereocenters. The normalized spacial score (nSPS) is 10.4. The van der Waals surface area contributed by atoms with Crippen LogP contribution in [0.15, 0.2) is 46.5 Å². The van der Waals surface area contributed by atoms with Gasteiger partial charge in [0.25, 0.3) is 0 Å². The molecule has 7 heteroatoms. The second-order valence-electron chi connectivity index (χ2n) is 4.25. The van der Waals surface area contributed by atoms with E-state index in [1.54, 1.807) is 23.5 Å². The van der Waals surface area contributed by atoms with Gasteiger partial charge in [-0.2, -0.15) is 0 Å². The summed E-state index contributed by atoms with van der Waals surface area (Å²) in [7, 11) is 1.30. The monoisotopic (exact) mass is 316 g/mol. The Labute approximate surface area is 130 Å². The Morgan fingerprint density at radius 2 is 2.27 bits per heavy atom. The molecule has 0 spiro atoms. The molecule has 0 saturated carbocycles. The van der Waals surface area contributed by atoms with E-state index in [1.807, 2.05) is 17.5 Å². The summed E-state index contributed by atoms with van der Waals surface area (Å²) in [6, 6.07) is 7.19. The third-order valence-corrected chi connectivity index (χ3v) is 3.67. The lowest BCUT2D eigenvalue weighted by Gasteiger charge is -2.07. The van der Waals surface area contributed by atoms with E-state index in [0.717, 1.165) is 4.88 Å². The first-order valence-electron chi connectivity index (χ1n) is 6.42. The number of aromatic nitrogens is 2. The Bertz CT molecular complexity index is 767. The van der Waals surface area contributed by atoms with Crippen LogP contribution in [0.1, 0.15) is 16.2 Å². The van der Waals surface area contributed by atoms with Crippen molar-refractivity contribution in [2.24, 2.45) is 0 Å². The van der Waals surface area contributed by atoms with E-state index >= 15 is 0 Å². The van der Waals surface area contributed by atoms with E-state index in [-0.39, 0.29) is 12.3 Å². The first kappa shape index (κ1) is 14.3. The highest BCUT2D eigenvalue weighted by molar-refractivity contribution is 7.13. The van der Waals surface area contributed by atoms with Crippen LogP contribution in [-0.2, 0) is 11.3 Å². The van der Waals surface area contributed by atoms with Gasteiger partial charge in [0.2, 0.25) is 5.89 Å². The summed E-state index contributed by atoms with van der Waals surface area (Å²) in [4.78, 5) is 20.9. The second kappa shape index (κ2) is 6.40. The molecule has 3 aromatic heterocycles. The van der Waals surface area contributed by atoms with Gasteiger partial charge >= 0.3 is 5.97 Å². The van der Waals surface area contributed by atoms with E-state index in [1.165, 1.54) is 19.6 Å². The van der Waals surface area contributed by atoms with Crippen molar-refractivity contribution >= 4 is 17.3 Å². The zero-order valence-corrected chi connectivity index (χ0v) is 12.5. The molecule has 0 aliphatic heterocycles. The fourth-order valence-corrected chi connectivity index (χ4v) is 2.45. The lowest BCUT2D eigenvalue weighted by atomic mass is 10.3. The number of pyridine rings is 1. The van der Waals surface area contributed by atoms with E-state index < -0.39 is 5.97 Å². The molecular weight excluding hydrogens is 304 g/mol. The molecule has 0 N–H and O–H groups in total. The SMILES string of the molecule is COC(=O)c1ncccc1OCc1coc(-c2cccs2)n1. The molecule has 0 amide bonds. The minimum absolute atomic E-state index is 0.131. The highest BCUT2D eigenvalue weighted by Gasteiger charge is 2.15. The van der Waals surface area contributed by atoms with Crippen molar-refractivity contribution in [1.29, 1.82) is 0 Å². The van der Waals surface area contributed by atoms with Gasteiger partial charge in [-0.1, -0.05) is 6.07 Å². The fourth-order valence-electron chi connectivity index (χ4n) is 1.80. The average molecular weight is 316 g/mol. The van der Waals surface area contributed by atoms with Gasteiger partial charge in [-0.25, -0.2) is 14.8 Å². The molecule has 3 heterocycles. The van der Waals surface area contributed by atoms with E-state index in [0.29, 0.717) is 17.3 Å². The van der Waals surface area contributed by atoms with Crippen molar-refractivity contribution in [3.63, 3.8) is 0 Å². The van der Waals surface area contributed by atoms with Crippen LogP contribution in [0, 0.1) is 0 Å². The Kier molecular flexibility index (Phi) is 4.15. The van der Waals surface area contributed by atoms with Gasteiger partial charge in [0.05, 0.1) is 12.0 Å². The van der Waals surface area contributed by atoms with Crippen molar-refractivity contribution < 1.29 is 18.7 Å². The van der Waals surface area contributed by atoms with Crippen LogP contribution in [0.2, 0.25) is 0 Å². The van der Waals surface area contributed by atoms with Gasteiger partial charge in [0, 0.05) is 6.20 Å². The summed E-state index contributed by atoms with van der Waals surface area (Å²) in [5.74, 6) is 0.345. The van der Waals surface area contributed by atoms with Crippen molar-refractivity contribution in [2.45, 2.75) is 6.61 Å². The quantitative estimate of drug-likeness (QED) is 0.673. The largest absolute Gasteiger partial charge is 0.485 e. The minimum Gasteiger partial charge on any atom is -0.485 e. The number of hydrogen-bond donors (Lipinski definition) is 0. The van der Waals surface area contributed by atoms with Crippen LogP contribution in [0.4, 0.5) is 0 Å². The number of nitrogens with zero attached hydrogens (tertiary/aromatic N) is 2. The van der Waals surface area contributed by atoms with Crippen LogP contribution in [0.25, 0.3) is 10.8 Å². The zero-order chi connectivity index (χ0) is 15.4. The van der Waals surface area contributed by atoms with Gasteiger partial charge < -0.3 is 13.9 Å². The Hall–Kier alpha value is -2.67. The average Bonchev–Trinajstić information content (AvgIpc) is 3.23. The van der Waals surface area contributed by atoms with Crippen molar-refractivity contribution in [1.82, 2.24) is 9.97 Å². The molecule has 0 saturated heterocycles. The highest BCUT2D eigenvalue weighted by atomic mass is 32.1. The van der Waals surface area contributed by atoms with Crippen LogP contribution >= 0.6 is 11.3 Å². The summed E-state index contributed by atoms with van der Waals surface area (Å²) in [5.41, 5.74) is 0.759. The molecule has 0 unspecified atom stereocenters. The smallest absolute Gasteiger partial charge is 0.360 e. The Morgan fingerprint density at radius 3 is 3.05 bits per heavy atom. The third kappa shape index (κ3) is 2.99. The van der Waals surface area contributed by atoms with Crippen molar-refractivity contribution in [3.05, 3.63) is 53.5 Å². The summed E-state index contributed by atoms with van der Waals surface area (Å²) in [6.45, 7) is 0.171. The predicted molar refractivity (Wildman–Crippen MR) is 79.7 cm³/mol. The number of carbonyl (C=O) groups excluding carboxylic acids is 1. The molecular formula is C15H12N2O4S. The molecule has 0 aliphatic carbocycles. The van der Waals surface area contributed by atoms with E-state index in [9.17, 15) is 4.79 Å². The summed E-state index contributed by atoms with van der Waals surface area (Å²) >= 11 is 1.54. The molecule has 0 aromatic carbocycles. The first-order valence-corrected chi connectivity index (χ1v) is 7.30. The number of thiophene rings is 1. The first-order chi connectivity index (χ1) is 10.8. The van der Waals surface area contributed by atoms with E-state index in [4.69, 9.17) is 9.15 Å². The Balaban J connectivity index is 1.72. The molecule has 6 nitrogen and oxygen atoms in total. The second-order valence-corrected chi connectivity index (χ2v) is 5.20. The number of oxazole rings is 1. The van der Waals surface area contributed by atoms with Crippen LogP contribution < -0.4 is 4.74 Å². The lowest BCUT2D eigenvalue weighted by Crippen LogP contribution is -2.08. The lowest BCUT2D eigenvalue weighted by molar-refractivity contribution is 0.0588. The number of esters is 1. The standard InChI is InChI=1S/C15H12N2O4S/c1-19-15(18)13-11(4-2-6-16-13)20-8-10-9-21-14(17-10)12-5-3-7-22-12/h2-7,9H,8H2,1H3. The molecule has 22 heavy (non-hydrogen) atoms. The third-order valence-electron chi connectivity index (χ3n) is 2.81. The maximum atomic E-state index is 11.6. The number of ether oxygens (including phenoxy) is 2. The van der Waals surface area contributed by atoms with Gasteiger partial charge in [0.15, 0.2) is 11.4 Å². The zero-order valence-electron chi connectivity index (χ0n) is 11.7. The van der Waals surface area contributed by atoms with Crippen LogP contribution in [0.5, 0.6) is 5.75 Å². The fraction of sp³-hybridized carbons (Fsp3) is 0.133. The number of rotatable bonds is 5. The summed E-state index contributed by atoms with van der Waals surface area (Å²) < 4.78 is 15.7. The summed E-state index contributed by atoms with van der Waals surface area (Å²) in [6.07, 6.45) is 3.04. The van der Waals surface area contributed by atoms with Gasteiger partial charge in [-0.05, 0) is 23.6 Å². The van der Waals surface area contributed by atoms with Gasteiger partial charge in [-0.15, -0.1) is 11.3 Å². The Morgan fingerprint density at radius 1 is 1.36 bits per heavy atom. The molecule has 3 aromatic rings. The number of methoxy groups -OCH3 is 1. The van der Waals surface area contributed by atoms with E-state index in [2.05, 4.69) is 14.7 Å². The molecule has 0 aliphatic rings. The van der Waals surface area contributed by atoms with Crippen molar-refractivity contribution in [3.8, 4) is 16.5 Å². The predicted octanol–water partition coefficient (Wildman–Crippen LogP) is 3.16. The maximum Gasteiger partial charge on any atom is 0.360 e. The van der Waals surface area contributed by atoms with Crippen molar-refractivity contribution in [2.75, 3.05) is 7.11 Å². The van der Waals surface area contributed by atoms with Gasteiger partial charge in [-0.3, -0.25) is 0 Å². The minimum atomic E-state index is -0.546. The molecule has 0 bridgehead atoms. The number of carbonyl (C=O) groups is 1.